The molecule has 1 aliphatic carbocycles. The number of rotatable bonds is 2. The number of aliphatic imine (C=N–C) groups is 1. The average molecular weight is 298 g/mol. The molecule has 122 valence electrons. The van der Waals surface area contributed by atoms with Crippen molar-refractivity contribution in [1.29, 1.82) is 0 Å². The summed E-state index contributed by atoms with van der Waals surface area (Å²) in [6, 6.07) is 0. The van der Waals surface area contributed by atoms with Gasteiger partial charge in [-0.25, -0.2) is 4.79 Å². The maximum absolute atomic E-state index is 11.9. The van der Waals surface area contributed by atoms with Crippen molar-refractivity contribution in [1.82, 2.24) is 4.90 Å². The Bertz CT molecular complexity index is 364. The smallest absolute Gasteiger partial charge is 0.435 e. The van der Waals surface area contributed by atoms with Crippen LogP contribution in [0.25, 0.3) is 0 Å². The standard InChI is InChI=1S/C15H26N2O3.CH4/c1-15(2,3)13(17-7-9-19-10-8-17)16-14(18)20-11-12-5-4-6-12;/h12H,4-11H2,1-3H3;1H4. The Morgan fingerprint density at radius 2 is 1.90 bits per heavy atom. The predicted octanol–water partition coefficient (Wildman–Crippen LogP) is 3.34. The SMILES string of the molecule is C.CC(C)(C)C(=NC(=O)OCC1CCC1)N1CCOCC1. The van der Waals surface area contributed by atoms with Gasteiger partial charge < -0.3 is 14.4 Å². The second-order valence-corrected chi connectivity index (χ2v) is 6.66. The van der Waals surface area contributed by atoms with Gasteiger partial charge in [0.2, 0.25) is 0 Å². The van der Waals surface area contributed by atoms with Crippen LogP contribution in [0, 0.1) is 11.3 Å². The third-order valence-corrected chi connectivity index (χ3v) is 3.85. The zero-order valence-corrected chi connectivity index (χ0v) is 12.9. The fraction of sp³-hybridized carbons (Fsp3) is 0.875. The number of carbonyl (C=O) groups is 1. The zero-order valence-electron chi connectivity index (χ0n) is 12.9. The van der Waals surface area contributed by atoms with Gasteiger partial charge in [0.15, 0.2) is 0 Å². The summed E-state index contributed by atoms with van der Waals surface area (Å²) in [6.45, 7) is 9.67. The first-order chi connectivity index (χ1) is 9.47. The van der Waals surface area contributed by atoms with Gasteiger partial charge in [-0.2, -0.15) is 4.99 Å². The molecule has 5 nitrogen and oxygen atoms in total. The molecule has 0 aromatic carbocycles. The van der Waals surface area contributed by atoms with Crippen LogP contribution in [0.1, 0.15) is 47.5 Å². The van der Waals surface area contributed by atoms with Crippen molar-refractivity contribution in [2.45, 2.75) is 47.5 Å². The predicted molar refractivity (Wildman–Crippen MR) is 84.7 cm³/mol. The van der Waals surface area contributed by atoms with Crippen LogP contribution in [0.3, 0.4) is 0 Å². The Kier molecular flexibility index (Phi) is 6.65. The molecule has 1 aliphatic heterocycles. The molecule has 5 heteroatoms. The van der Waals surface area contributed by atoms with Gasteiger partial charge in [-0.05, 0) is 18.8 Å². The normalized spacial score (nSPS) is 20.5. The van der Waals surface area contributed by atoms with E-state index in [4.69, 9.17) is 9.47 Å². The zero-order chi connectivity index (χ0) is 14.6. The Hall–Kier alpha value is -1.10. The lowest BCUT2D eigenvalue weighted by Gasteiger charge is -2.35. The molecule has 0 aromatic rings. The monoisotopic (exact) mass is 298 g/mol. The first-order valence-electron chi connectivity index (χ1n) is 7.55. The first kappa shape index (κ1) is 18.0. The summed E-state index contributed by atoms with van der Waals surface area (Å²) < 4.78 is 10.6. The molecule has 1 amide bonds. The second kappa shape index (κ2) is 7.78. The summed E-state index contributed by atoms with van der Waals surface area (Å²) >= 11 is 0. The van der Waals surface area contributed by atoms with Gasteiger partial charge in [-0.15, -0.1) is 0 Å². The van der Waals surface area contributed by atoms with Crippen molar-refractivity contribution in [3.63, 3.8) is 0 Å². The molecular formula is C16H30N2O3. The van der Waals surface area contributed by atoms with Crippen molar-refractivity contribution in [2.24, 2.45) is 16.3 Å². The Morgan fingerprint density at radius 1 is 1.29 bits per heavy atom. The highest BCUT2D eigenvalue weighted by molar-refractivity contribution is 5.95. The van der Waals surface area contributed by atoms with Crippen molar-refractivity contribution in [3.05, 3.63) is 0 Å². The molecule has 1 saturated carbocycles. The summed E-state index contributed by atoms with van der Waals surface area (Å²) in [5, 5.41) is 0. The van der Waals surface area contributed by atoms with Gasteiger partial charge in [-0.1, -0.05) is 34.6 Å². The molecule has 0 atom stereocenters. The number of morpholine rings is 1. The third kappa shape index (κ3) is 5.30. The van der Waals surface area contributed by atoms with Gasteiger partial charge >= 0.3 is 6.09 Å². The van der Waals surface area contributed by atoms with Crippen molar-refractivity contribution in [2.75, 3.05) is 32.9 Å². The number of amides is 1. The largest absolute Gasteiger partial charge is 0.448 e. The minimum atomic E-state index is -0.451. The molecule has 1 saturated heterocycles. The molecule has 0 bridgehead atoms. The summed E-state index contributed by atoms with van der Waals surface area (Å²) in [5.41, 5.74) is -0.174. The molecule has 0 radical (unpaired) electrons. The van der Waals surface area contributed by atoms with Crippen molar-refractivity contribution >= 4 is 11.9 Å². The Morgan fingerprint density at radius 3 is 2.38 bits per heavy atom. The lowest BCUT2D eigenvalue weighted by molar-refractivity contribution is 0.0639. The van der Waals surface area contributed by atoms with Crippen LogP contribution in [0.15, 0.2) is 4.99 Å². The average Bonchev–Trinajstić information content (AvgIpc) is 2.34. The maximum Gasteiger partial charge on any atom is 0.435 e. The highest BCUT2D eigenvalue weighted by Gasteiger charge is 2.28. The van der Waals surface area contributed by atoms with Crippen LogP contribution in [0.2, 0.25) is 0 Å². The van der Waals surface area contributed by atoms with E-state index >= 15 is 0 Å². The summed E-state index contributed by atoms with van der Waals surface area (Å²) in [4.78, 5) is 18.3. The highest BCUT2D eigenvalue weighted by Crippen LogP contribution is 2.26. The molecule has 2 fully saturated rings. The van der Waals surface area contributed by atoms with Gasteiger partial charge in [0.1, 0.15) is 5.84 Å². The number of ether oxygens (including phenoxy) is 2. The van der Waals surface area contributed by atoms with Gasteiger partial charge in [-0.3, -0.25) is 0 Å². The number of carbonyl (C=O) groups excluding carboxylic acids is 1. The van der Waals surface area contributed by atoms with Gasteiger partial charge in [0, 0.05) is 18.5 Å². The Balaban J connectivity index is 0.00000220. The summed E-state index contributed by atoms with van der Waals surface area (Å²) in [5.74, 6) is 1.36. The van der Waals surface area contributed by atoms with Crippen molar-refractivity contribution < 1.29 is 14.3 Å². The van der Waals surface area contributed by atoms with Crippen LogP contribution in [-0.2, 0) is 9.47 Å². The third-order valence-electron chi connectivity index (χ3n) is 3.85. The molecule has 21 heavy (non-hydrogen) atoms. The van der Waals surface area contributed by atoms with Crippen molar-refractivity contribution in [3.8, 4) is 0 Å². The van der Waals surface area contributed by atoms with Gasteiger partial charge in [0.05, 0.1) is 19.8 Å². The molecule has 0 N–H and O–H groups in total. The molecule has 2 aliphatic rings. The van der Waals surface area contributed by atoms with E-state index in [2.05, 4.69) is 30.7 Å². The van der Waals surface area contributed by atoms with E-state index in [0.717, 1.165) is 18.9 Å². The number of amidine groups is 1. The van der Waals surface area contributed by atoms with Crippen LogP contribution >= 0.6 is 0 Å². The molecule has 1 heterocycles. The van der Waals surface area contributed by atoms with E-state index in [-0.39, 0.29) is 12.8 Å². The lowest BCUT2D eigenvalue weighted by Crippen LogP contribution is -2.46. The van der Waals surface area contributed by atoms with Crippen LogP contribution in [-0.4, -0.2) is 49.7 Å². The van der Waals surface area contributed by atoms with E-state index in [1.165, 1.54) is 19.3 Å². The van der Waals surface area contributed by atoms with Crippen LogP contribution in [0.5, 0.6) is 0 Å². The van der Waals surface area contributed by atoms with E-state index in [0.29, 0.717) is 25.7 Å². The number of nitrogens with zero attached hydrogens (tertiary/aromatic N) is 2. The van der Waals surface area contributed by atoms with E-state index in [1.54, 1.807) is 0 Å². The van der Waals surface area contributed by atoms with E-state index in [9.17, 15) is 4.79 Å². The fourth-order valence-corrected chi connectivity index (χ4v) is 2.46. The topological polar surface area (TPSA) is 51.1 Å². The summed E-state index contributed by atoms with van der Waals surface area (Å²) in [6.07, 6.45) is 3.15. The van der Waals surface area contributed by atoms with Crippen LogP contribution in [0.4, 0.5) is 4.79 Å². The second-order valence-electron chi connectivity index (χ2n) is 6.66. The molecule has 0 spiro atoms. The highest BCUT2D eigenvalue weighted by atomic mass is 16.5. The van der Waals surface area contributed by atoms with Gasteiger partial charge in [0.25, 0.3) is 0 Å². The van der Waals surface area contributed by atoms with Crippen LogP contribution < -0.4 is 0 Å². The summed E-state index contributed by atoms with van der Waals surface area (Å²) in [7, 11) is 0. The quantitative estimate of drug-likeness (QED) is 0.579. The minimum absolute atomic E-state index is 0. The molecule has 0 unspecified atom stereocenters. The van der Waals surface area contributed by atoms with E-state index in [1.807, 2.05) is 0 Å². The number of hydrogen-bond donors (Lipinski definition) is 0. The molecule has 2 rings (SSSR count). The fourth-order valence-electron chi connectivity index (χ4n) is 2.46. The first-order valence-corrected chi connectivity index (χ1v) is 7.55. The molecule has 0 aromatic heterocycles. The Labute approximate surface area is 128 Å². The maximum atomic E-state index is 11.9. The molecular weight excluding hydrogens is 268 g/mol. The minimum Gasteiger partial charge on any atom is -0.448 e. The van der Waals surface area contributed by atoms with E-state index < -0.39 is 6.09 Å². The number of hydrogen-bond acceptors (Lipinski definition) is 3. The lowest BCUT2D eigenvalue weighted by atomic mass is 9.86.